The van der Waals surface area contributed by atoms with Gasteiger partial charge >= 0.3 is 5.97 Å². The summed E-state index contributed by atoms with van der Waals surface area (Å²) >= 11 is 5.85. The summed E-state index contributed by atoms with van der Waals surface area (Å²) in [5, 5.41) is 12.3. The molecular formula is C19H18ClNO5. The molecule has 0 aliphatic carbocycles. The maximum Gasteiger partial charge on any atom is 0.332 e. The molecule has 0 radical (unpaired) electrons. The number of hydrogen-bond acceptors (Lipinski definition) is 4. The van der Waals surface area contributed by atoms with Crippen molar-refractivity contribution in [2.45, 2.75) is 31.7 Å². The average Bonchev–Trinajstić information content (AvgIpc) is 3.12. The van der Waals surface area contributed by atoms with E-state index in [-0.39, 0.29) is 5.91 Å². The number of benzene rings is 2. The zero-order valence-corrected chi connectivity index (χ0v) is 14.6. The van der Waals surface area contributed by atoms with Gasteiger partial charge in [0.2, 0.25) is 0 Å². The molecule has 7 heteroatoms. The molecule has 6 nitrogen and oxygen atoms in total. The number of amides is 1. The lowest BCUT2D eigenvalue weighted by Gasteiger charge is -2.13. The second-order valence-corrected chi connectivity index (χ2v) is 6.40. The maximum absolute atomic E-state index is 12.2. The fourth-order valence-electron chi connectivity index (χ4n) is 2.65. The summed E-state index contributed by atoms with van der Waals surface area (Å²) in [5.41, 5.74) is 1.54. The standard InChI is InChI=1S/C19H18ClNO5/c20-13-6-4-12(5-7-13)11-25-15-3-1-2-14(10-15)21-18(22)16-8-9-17(26-16)19(23)24/h1-7,10,16-17H,8-9,11H2,(H,21,22)(H,23,24)/t16-,17+/m0/s1. The van der Waals surface area contributed by atoms with Gasteiger partial charge in [0, 0.05) is 16.8 Å². The van der Waals surface area contributed by atoms with E-state index in [1.807, 2.05) is 12.1 Å². The number of hydrogen-bond donors (Lipinski definition) is 2. The van der Waals surface area contributed by atoms with Crippen molar-refractivity contribution in [3.63, 3.8) is 0 Å². The van der Waals surface area contributed by atoms with Crippen LogP contribution in [-0.2, 0) is 20.9 Å². The zero-order chi connectivity index (χ0) is 18.5. The summed E-state index contributed by atoms with van der Waals surface area (Å²) in [6.07, 6.45) is -0.956. The van der Waals surface area contributed by atoms with Crippen LogP contribution in [0, 0.1) is 0 Å². The fourth-order valence-corrected chi connectivity index (χ4v) is 2.77. The van der Waals surface area contributed by atoms with Crippen LogP contribution >= 0.6 is 11.6 Å². The molecule has 1 aliphatic heterocycles. The zero-order valence-electron chi connectivity index (χ0n) is 13.9. The Morgan fingerprint density at radius 1 is 1.15 bits per heavy atom. The van der Waals surface area contributed by atoms with E-state index in [1.54, 1.807) is 36.4 Å². The molecule has 136 valence electrons. The van der Waals surface area contributed by atoms with Crippen LogP contribution in [0.4, 0.5) is 5.69 Å². The van der Waals surface area contributed by atoms with Crippen molar-refractivity contribution in [3.8, 4) is 5.75 Å². The molecule has 2 aromatic carbocycles. The minimum Gasteiger partial charge on any atom is -0.489 e. The van der Waals surface area contributed by atoms with Crippen LogP contribution in [0.25, 0.3) is 0 Å². The number of ether oxygens (including phenoxy) is 2. The summed E-state index contributed by atoms with van der Waals surface area (Å²) in [7, 11) is 0. The molecule has 0 bridgehead atoms. The van der Waals surface area contributed by atoms with E-state index in [0.29, 0.717) is 35.9 Å². The van der Waals surface area contributed by atoms with E-state index >= 15 is 0 Å². The molecule has 0 unspecified atom stereocenters. The van der Waals surface area contributed by atoms with Crippen LogP contribution < -0.4 is 10.1 Å². The first-order valence-electron chi connectivity index (χ1n) is 8.18. The van der Waals surface area contributed by atoms with Gasteiger partial charge in [0.15, 0.2) is 6.10 Å². The molecule has 3 rings (SSSR count). The molecule has 0 spiro atoms. The highest BCUT2D eigenvalue weighted by atomic mass is 35.5. The van der Waals surface area contributed by atoms with Crippen LogP contribution in [0.3, 0.4) is 0 Å². The van der Waals surface area contributed by atoms with E-state index in [0.717, 1.165) is 5.56 Å². The lowest BCUT2D eigenvalue weighted by molar-refractivity contribution is -0.150. The lowest BCUT2D eigenvalue weighted by atomic mass is 10.2. The SMILES string of the molecule is O=C(Nc1cccc(OCc2ccc(Cl)cc2)c1)[C@@H]1CC[C@H](C(=O)O)O1. The summed E-state index contributed by atoms with van der Waals surface area (Å²) in [6, 6.07) is 14.3. The van der Waals surface area contributed by atoms with Gasteiger partial charge < -0.3 is 19.9 Å². The van der Waals surface area contributed by atoms with E-state index in [9.17, 15) is 9.59 Å². The van der Waals surface area contributed by atoms with Crippen molar-refractivity contribution in [2.75, 3.05) is 5.32 Å². The third kappa shape index (κ3) is 4.74. The van der Waals surface area contributed by atoms with Crippen molar-refractivity contribution in [3.05, 3.63) is 59.1 Å². The largest absolute Gasteiger partial charge is 0.489 e. The number of anilines is 1. The molecule has 2 aromatic rings. The van der Waals surface area contributed by atoms with E-state index in [4.69, 9.17) is 26.2 Å². The van der Waals surface area contributed by atoms with Crippen molar-refractivity contribution < 1.29 is 24.2 Å². The molecule has 0 aromatic heterocycles. The Balaban J connectivity index is 1.56. The van der Waals surface area contributed by atoms with Crippen molar-refractivity contribution >= 4 is 29.2 Å². The topological polar surface area (TPSA) is 84.9 Å². The van der Waals surface area contributed by atoms with Crippen LogP contribution in [0.15, 0.2) is 48.5 Å². The highest BCUT2D eigenvalue weighted by Gasteiger charge is 2.34. The molecule has 0 saturated carbocycles. The van der Waals surface area contributed by atoms with E-state index in [1.165, 1.54) is 0 Å². The second kappa shape index (κ2) is 8.21. The predicted octanol–water partition coefficient (Wildman–Crippen LogP) is 3.49. The number of aliphatic carboxylic acids is 1. The Morgan fingerprint density at radius 3 is 2.58 bits per heavy atom. The van der Waals surface area contributed by atoms with Gasteiger partial charge in [-0.1, -0.05) is 29.8 Å². The van der Waals surface area contributed by atoms with Gasteiger partial charge in [-0.3, -0.25) is 4.79 Å². The minimum atomic E-state index is -1.04. The molecular weight excluding hydrogens is 358 g/mol. The smallest absolute Gasteiger partial charge is 0.332 e. The van der Waals surface area contributed by atoms with Crippen molar-refractivity contribution in [1.29, 1.82) is 0 Å². The molecule has 1 amide bonds. The average molecular weight is 376 g/mol. The van der Waals surface area contributed by atoms with Crippen molar-refractivity contribution in [1.82, 2.24) is 0 Å². The second-order valence-electron chi connectivity index (χ2n) is 5.96. The molecule has 26 heavy (non-hydrogen) atoms. The highest BCUT2D eigenvalue weighted by Crippen LogP contribution is 2.23. The Morgan fingerprint density at radius 2 is 1.88 bits per heavy atom. The summed E-state index contributed by atoms with van der Waals surface area (Å²) in [4.78, 5) is 23.1. The minimum absolute atomic E-state index is 0.331. The maximum atomic E-state index is 12.2. The number of carbonyl (C=O) groups is 2. The van der Waals surface area contributed by atoms with Gasteiger partial charge in [-0.25, -0.2) is 4.79 Å². The first kappa shape index (κ1) is 18.2. The quantitative estimate of drug-likeness (QED) is 0.807. The van der Waals surface area contributed by atoms with E-state index in [2.05, 4.69) is 5.32 Å². The normalized spacial score (nSPS) is 19.1. The highest BCUT2D eigenvalue weighted by molar-refractivity contribution is 6.30. The van der Waals surface area contributed by atoms with Gasteiger partial charge in [0.25, 0.3) is 5.91 Å². The van der Waals surface area contributed by atoms with E-state index < -0.39 is 18.2 Å². The van der Waals surface area contributed by atoms with Crippen LogP contribution in [-0.4, -0.2) is 29.2 Å². The van der Waals surface area contributed by atoms with Gasteiger partial charge in [-0.15, -0.1) is 0 Å². The van der Waals surface area contributed by atoms with Gasteiger partial charge in [-0.2, -0.15) is 0 Å². The van der Waals surface area contributed by atoms with Crippen molar-refractivity contribution in [2.24, 2.45) is 0 Å². The van der Waals surface area contributed by atoms with Crippen LogP contribution in [0.1, 0.15) is 18.4 Å². The first-order valence-corrected chi connectivity index (χ1v) is 8.55. The fraction of sp³-hybridized carbons (Fsp3) is 0.263. The van der Waals surface area contributed by atoms with Gasteiger partial charge in [-0.05, 0) is 42.7 Å². The Kier molecular flexibility index (Phi) is 5.75. The number of carboxylic acid groups (broad SMARTS) is 1. The molecule has 1 heterocycles. The molecule has 2 N–H and O–H groups in total. The van der Waals surface area contributed by atoms with Crippen LogP contribution in [0.2, 0.25) is 5.02 Å². The Hall–Kier alpha value is -2.57. The predicted molar refractivity (Wildman–Crippen MR) is 96.4 cm³/mol. The number of halogens is 1. The Labute approximate surface area is 155 Å². The monoisotopic (exact) mass is 375 g/mol. The summed E-state index contributed by atoms with van der Waals surface area (Å²) in [5.74, 6) is -0.796. The third-order valence-corrected chi connectivity index (χ3v) is 4.26. The molecule has 1 saturated heterocycles. The molecule has 2 atom stereocenters. The number of nitrogens with one attached hydrogen (secondary N) is 1. The number of rotatable bonds is 6. The first-order chi connectivity index (χ1) is 12.5. The van der Waals surface area contributed by atoms with Crippen LogP contribution in [0.5, 0.6) is 5.75 Å². The van der Waals surface area contributed by atoms with Gasteiger partial charge in [0.05, 0.1) is 0 Å². The summed E-state index contributed by atoms with van der Waals surface area (Å²) in [6.45, 7) is 0.376. The third-order valence-electron chi connectivity index (χ3n) is 4.01. The lowest BCUT2D eigenvalue weighted by Crippen LogP contribution is -2.29. The molecule has 1 aliphatic rings. The number of carboxylic acids is 1. The number of carbonyl (C=O) groups excluding carboxylic acids is 1. The Bertz CT molecular complexity index is 793. The molecule has 1 fully saturated rings. The summed E-state index contributed by atoms with van der Waals surface area (Å²) < 4.78 is 11.0. The van der Waals surface area contributed by atoms with Gasteiger partial charge in [0.1, 0.15) is 18.5 Å².